The third kappa shape index (κ3) is 7.17. The monoisotopic (exact) mass is 576 g/mol. The van der Waals surface area contributed by atoms with E-state index < -0.39 is 12.1 Å². The van der Waals surface area contributed by atoms with E-state index in [0.29, 0.717) is 43.2 Å². The Hall–Kier alpha value is -3.76. The number of carbonyl (C=O) groups is 2. The Bertz CT molecular complexity index is 1370. The Morgan fingerprint density at radius 3 is 2.45 bits per heavy atom. The molecule has 0 saturated carbocycles. The van der Waals surface area contributed by atoms with Crippen LogP contribution in [0.15, 0.2) is 48.8 Å². The van der Waals surface area contributed by atoms with E-state index in [2.05, 4.69) is 25.2 Å². The normalized spacial score (nSPS) is 18.2. The van der Waals surface area contributed by atoms with Gasteiger partial charge in [-0.25, -0.2) is 14.4 Å². The van der Waals surface area contributed by atoms with Crippen LogP contribution in [0.4, 0.5) is 4.39 Å². The number of hydrogen-bond acceptors (Lipinski definition) is 7. The lowest BCUT2D eigenvalue weighted by Gasteiger charge is -2.48. The highest BCUT2D eigenvalue weighted by atomic mass is 19.1. The molecule has 1 aromatic carbocycles. The fraction of sp³-hybridized carbons (Fsp3) is 0.469. The van der Waals surface area contributed by atoms with E-state index in [9.17, 15) is 9.59 Å². The molecule has 3 heterocycles. The molecule has 2 aromatic heterocycles. The van der Waals surface area contributed by atoms with Crippen molar-refractivity contribution in [3.8, 4) is 11.4 Å². The fourth-order valence-corrected chi connectivity index (χ4v) is 5.57. The van der Waals surface area contributed by atoms with Gasteiger partial charge < -0.3 is 15.0 Å². The first-order valence-corrected chi connectivity index (χ1v) is 14.4. The van der Waals surface area contributed by atoms with Gasteiger partial charge in [-0.05, 0) is 50.5 Å². The number of benzene rings is 1. The number of nitrogens with one attached hydrogen (secondary N) is 1. The number of piperazine rings is 1. The number of hydrogen-bond donors (Lipinski definition) is 1. The molecule has 1 N–H and O–H groups in total. The van der Waals surface area contributed by atoms with Gasteiger partial charge in [0.15, 0.2) is 5.82 Å². The van der Waals surface area contributed by atoms with Crippen molar-refractivity contribution in [2.24, 2.45) is 5.92 Å². The molecule has 1 saturated heterocycles. The molecule has 224 valence electrons. The zero-order valence-electron chi connectivity index (χ0n) is 25.3. The highest BCUT2D eigenvalue weighted by molar-refractivity contribution is 5.89. The number of methoxy groups -OCH3 is 1. The van der Waals surface area contributed by atoms with Gasteiger partial charge in [0.2, 0.25) is 11.8 Å². The molecule has 0 radical (unpaired) electrons. The number of ether oxygens (including phenoxy) is 1. The second kappa shape index (κ2) is 13.9. The zero-order chi connectivity index (χ0) is 30.4. The first-order valence-electron chi connectivity index (χ1n) is 14.4. The summed E-state index contributed by atoms with van der Waals surface area (Å²) in [5, 5.41) is 3.04. The van der Waals surface area contributed by atoms with Crippen molar-refractivity contribution in [3.63, 3.8) is 0 Å². The van der Waals surface area contributed by atoms with Crippen LogP contribution < -0.4 is 5.32 Å². The van der Waals surface area contributed by atoms with E-state index in [4.69, 9.17) is 4.74 Å². The molecule has 3 atom stereocenters. The maximum atomic E-state index is 15.4. The molecule has 0 aliphatic carbocycles. The van der Waals surface area contributed by atoms with Gasteiger partial charge in [0.05, 0.1) is 11.7 Å². The number of carbonyl (C=O) groups excluding carboxylic acids is 2. The molecule has 3 aromatic rings. The number of aromatic nitrogens is 3. The third-order valence-electron chi connectivity index (χ3n) is 7.66. The predicted octanol–water partition coefficient (Wildman–Crippen LogP) is 4.25. The first-order chi connectivity index (χ1) is 20.1. The zero-order valence-corrected chi connectivity index (χ0v) is 25.3. The summed E-state index contributed by atoms with van der Waals surface area (Å²) in [6, 6.07) is 9.75. The van der Waals surface area contributed by atoms with Gasteiger partial charge in [-0.1, -0.05) is 38.1 Å². The lowest BCUT2D eigenvalue weighted by Crippen LogP contribution is -2.65. The molecule has 9 nitrogen and oxygen atoms in total. The summed E-state index contributed by atoms with van der Waals surface area (Å²) >= 11 is 0. The molecule has 1 aliphatic rings. The molecular weight excluding hydrogens is 535 g/mol. The summed E-state index contributed by atoms with van der Waals surface area (Å²) in [7, 11) is 1.61. The average Bonchev–Trinajstić information content (AvgIpc) is 2.98. The molecule has 42 heavy (non-hydrogen) atoms. The summed E-state index contributed by atoms with van der Waals surface area (Å²) in [6.07, 6.45) is 3.89. The maximum Gasteiger partial charge on any atom is 0.244 e. The Kier molecular flexibility index (Phi) is 10.3. The van der Waals surface area contributed by atoms with E-state index in [1.54, 1.807) is 43.5 Å². The summed E-state index contributed by atoms with van der Waals surface area (Å²) in [6.45, 7) is 10.6. The van der Waals surface area contributed by atoms with Gasteiger partial charge in [0, 0.05) is 69.0 Å². The minimum Gasteiger partial charge on any atom is -0.385 e. The number of pyridine rings is 1. The van der Waals surface area contributed by atoms with Crippen molar-refractivity contribution in [2.45, 2.75) is 65.7 Å². The quantitative estimate of drug-likeness (QED) is 0.385. The number of halogens is 1. The summed E-state index contributed by atoms with van der Waals surface area (Å²) < 4.78 is 20.8. The highest BCUT2D eigenvalue weighted by Crippen LogP contribution is 2.32. The summed E-state index contributed by atoms with van der Waals surface area (Å²) in [4.78, 5) is 44.0. The van der Waals surface area contributed by atoms with E-state index >= 15 is 4.39 Å². The van der Waals surface area contributed by atoms with E-state index in [-0.39, 0.29) is 36.1 Å². The van der Waals surface area contributed by atoms with Crippen molar-refractivity contribution in [2.75, 3.05) is 26.8 Å². The van der Waals surface area contributed by atoms with Crippen LogP contribution in [0, 0.1) is 25.6 Å². The van der Waals surface area contributed by atoms with Crippen LogP contribution in [0.1, 0.15) is 55.7 Å². The van der Waals surface area contributed by atoms with Crippen molar-refractivity contribution >= 4 is 11.8 Å². The molecule has 1 aliphatic heterocycles. The Morgan fingerprint density at radius 2 is 1.81 bits per heavy atom. The first kappa shape index (κ1) is 31.2. The van der Waals surface area contributed by atoms with Crippen LogP contribution in [0.25, 0.3) is 11.4 Å². The maximum absolute atomic E-state index is 15.4. The van der Waals surface area contributed by atoms with Gasteiger partial charge in [0.25, 0.3) is 0 Å². The molecular formula is C32H41FN6O3. The van der Waals surface area contributed by atoms with E-state index in [0.717, 1.165) is 16.8 Å². The van der Waals surface area contributed by atoms with Gasteiger partial charge in [0.1, 0.15) is 11.9 Å². The summed E-state index contributed by atoms with van der Waals surface area (Å²) in [5.41, 5.74) is 3.39. The van der Waals surface area contributed by atoms with E-state index in [1.807, 2.05) is 52.0 Å². The van der Waals surface area contributed by atoms with Crippen molar-refractivity contribution in [3.05, 3.63) is 77.1 Å². The molecule has 0 spiro atoms. The lowest BCUT2D eigenvalue weighted by molar-refractivity contribution is -0.151. The predicted molar refractivity (Wildman–Crippen MR) is 159 cm³/mol. The fourth-order valence-electron chi connectivity index (χ4n) is 5.57. The van der Waals surface area contributed by atoms with Crippen molar-refractivity contribution < 1.29 is 18.7 Å². The van der Waals surface area contributed by atoms with Crippen LogP contribution in [0.2, 0.25) is 0 Å². The third-order valence-corrected chi connectivity index (χ3v) is 7.66. The van der Waals surface area contributed by atoms with Crippen LogP contribution >= 0.6 is 0 Å². The lowest BCUT2D eigenvalue weighted by atomic mass is 9.97. The summed E-state index contributed by atoms with van der Waals surface area (Å²) in [5.74, 6) is -0.329. The molecule has 2 amide bonds. The highest BCUT2D eigenvalue weighted by Gasteiger charge is 2.42. The van der Waals surface area contributed by atoms with Crippen molar-refractivity contribution in [1.29, 1.82) is 0 Å². The Balaban J connectivity index is 1.57. The van der Waals surface area contributed by atoms with Crippen LogP contribution in [-0.4, -0.2) is 75.5 Å². The molecule has 1 fully saturated rings. The van der Waals surface area contributed by atoms with Gasteiger partial charge >= 0.3 is 0 Å². The minimum absolute atomic E-state index is 0.0846. The number of rotatable bonds is 10. The topological polar surface area (TPSA) is 101 Å². The number of nitrogens with zero attached hydrogens (tertiary/aromatic N) is 5. The number of aryl methyl sites for hydroxylation is 2. The van der Waals surface area contributed by atoms with Crippen LogP contribution in [0.3, 0.4) is 0 Å². The van der Waals surface area contributed by atoms with Crippen LogP contribution in [-0.2, 0) is 20.9 Å². The largest absolute Gasteiger partial charge is 0.385 e. The Labute approximate surface area is 247 Å². The van der Waals surface area contributed by atoms with Gasteiger partial charge in [-0.2, -0.15) is 0 Å². The Morgan fingerprint density at radius 1 is 1.12 bits per heavy atom. The number of amides is 2. The second-order valence-electron chi connectivity index (χ2n) is 11.3. The van der Waals surface area contributed by atoms with Crippen LogP contribution in [0.5, 0.6) is 0 Å². The second-order valence-corrected chi connectivity index (χ2v) is 11.3. The standard InChI is InChI=1S/C32H41FN6O3/c1-20(2)32(41)39-23(5)18-38(26(12-15-42-6)29-28(33)21(3)16-22(4)37-29)19-27(39)31(40)36-17-24-8-10-25(11-9-24)30-34-13-7-14-35-30/h7-11,13-14,16,20,23,26-27H,12,15,17-19H2,1-6H3,(H,36,40)/t23-,26-,27-/m1/s1. The molecule has 10 heteroatoms. The van der Waals surface area contributed by atoms with Crippen molar-refractivity contribution in [1.82, 2.24) is 30.1 Å². The minimum atomic E-state index is -0.750. The molecule has 0 unspecified atom stereocenters. The average molecular weight is 577 g/mol. The SMILES string of the molecule is COCC[C@H](c1nc(C)cc(C)c1F)N1C[C@@H](C)N(C(=O)C(C)C)[C@@H](C(=O)NCc2ccc(-c3ncccn3)cc2)C1. The molecule has 4 rings (SSSR count). The van der Waals surface area contributed by atoms with Gasteiger partial charge in [-0.3, -0.25) is 19.5 Å². The van der Waals surface area contributed by atoms with Gasteiger partial charge in [-0.15, -0.1) is 0 Å². The smallest absolute Gasteiger partial charge is 0.244 e. The van der Waals surface area contributed by atoms with E-state index in [1.165, 1.54) is 0 Å². The molecule has 0 bridgehead atoms.